The van der Waals surface area contributed by atoms with Crippen LogP contribution in [-0.4, -0.2) is 31.7 Å². The first-order valence-corrected chi connectivity index (χ1v) is 7.07. The minimum Gasteiger partial charge on any atom is -0.456 e. The second-order valence-electron chi connectivity index (χ2n) is 5.64. The Kier molecular flexibility index (Phi) is 3.55. The zero-order chi connectivity index (χ0) is 17.5. The molecule has 2 heterocycles. The summed E-state index contributed by atoms with van der Waals surface area (Å²) in [6.07, 6.45) is 1.53. The first-order chi connectivity index (χ1) is 11.3. The molecule has 0 amide bonds. The highest BCUT2D eigenvalue weighted by Crippen LogP contribution is 2.31. The van der Waals surface area contributed by atoms with Crippen molar-refractivity contribution in [1.29, 1.82) is 0 Å². The van der Waals surface area contributed by atoms with Gasteiger partial charge in [-0.2, -0.15) is 0 Å². The Balaban J connectivity index is 1.93. The van der Waals surface area contributed by atoms with E-state index >= 15 is 0 Å². The van der Waals surface area contributed by atoms with Gasteiger partial charge in [0.05, 0.1) is 16.8 Å². The van der Waals surface area contributed by atoms with Crippen LogP contribution in [0.5, 0.6) is 0 Å². The number of esters is 1. The fraction of sp³-hybridized carbons (Fsp3) is 0.267. The van der Waals surface area contributed by atoms with Crippen LogP contribution < -0.4 is 0 Å². The fourth-order valence-corrected chi connectivity index (χ4v) is 2.38. The Bertz CT molecular complexity index is 851. The summed E-state index contributed by atoms with van der Waals surface area (Å²) < 4.78 is 12.2. The van der Waals surface area contributed by atoms with Crippen molar-refractivity contribution in [2.45, 2.75) is 26.6 Å². The SMILES string of the molecule is CC1=C(c2cn(-c3ccc([N+](=O)[O-])cc3)nn2)C(=O)OC(C)(C)O1. The molecule has 0 radical (unpaired) electrons. The number of nitrogens with zero attached hydrogens (tertiary/aromatic N) is 4. The van der Waals surface area contributed by atoms with Crippen LogP contribution in [0.2, 0.25) is 0 Å². The maximum atomic E-state index is 12.2. The average Bonchev–Trinajstić information content (AvgIpc) is 2.94. The number of nitro groups is 1. The Hall–Kier alpha value is -3.23. The van der Waals surface area contributed by atoms with Gasteiger partial charge in [0.2, 0.25) is 5.79 Å². The molecule has 0 saturated carbocycles. The first kappa shape index (κ1) is 15.7. The lowest BCUT2D eigenvalue weighted by Gasteiger charge is -2.31. The predicted octanol–water partition coefficient (Wildman–Crippen LogP) is 2.22. The molecule has 9 heteroatoms. The van der Waals surface area contributed by atoms with E-state index in [4.69, 9.17) is 9.47 Å². The van der Waals surface area contributed by atoms with Gasteiger partial charge in [-0.3, -0.25) is 10.1 Å². The lowest BCUT2D eigenvalue weighted by molar-refractivity contribution is -0.384. The van der Waals surface area contributed by atoms with E-state index in [1.54, 1.807) is 20.8 Å². The molecular weight excluding hydrogens is 316 g/mol. The molecule has 3 rings (SSSR count). The van der Waals surface area contributed by atoms with Gasteiger partial charge in [-0.25, -0.2) is 9.48 Å². The Morgan fingerprint density at radius 2 is 1.88 bits per heavy atom. The number of allylic oxidation sites excluding steroid dienone is 1. The molecular formula is C15H14N4O5. The molecule has 2 aromatic rings. The number of benzene rings is 1. The minimum atomic E-state index is -1.03. The number of carbonyl (C=O) groups excluding carboxylic acids is 1. The van der Waals surface area contributed by atoms with Gasteiger partial charge in [0.1, 0.15) is 17.0 Å². The second-order valence-corrected chi connectivity index (χ2v) is 5.64. The maximum absolute atomic E-state index is 12.2. The number of cyclic esters (lactones) is 1. The Morgan fingerprint density at radius 1 is 1.21 bits per heavy atom. The Labute approximate surface area is 136 Å². The number of aromatic nitrogens is 3. The van der Waals surface area contributed by atoms with Crippen molar-refractivity contribution in [3.8, 4) is 5.69 Å². The van der Waals surface area contributed by atoms with Crippen LogP contribution in [0, 0.1) is 10.1 Å². The number of nitro benzene ring substituents is 1. The van der Waals surface area contributed by atoms with Crippen LogP contribution in [0.3, 0.4) is 0 Å². The molecule has 124 valence electrons. The lowest BCUT2D eigenvalue weighted by atomic mass is 10.1. The van der Waals surface area contributed by atoms with E-state index in [9.17, 15) is 14.9 Å². The zero-order valence-corrected chi connectivity index (χ0v) is 13.2. The van der Waals surface area contributed by atoms with Crippen LogP contribution in [0.15, 0.2) is 36.2 Å². The standard InChI is InChI=1S/C15H14N4O5/c1-9-13(14(20)24-15(2,3)23-9)12-8-18(17-16-12)10-4-6-11(7-5-10)19(21)22/h4-8H,1-3H3. The molecule has 1 aromatic heterocycles. The van der Waals surface area contributed by atoms with Crippen LogP contribution >= 0.6 is 0 Å². The highest BCUT2D eigenvalue weighted by Gasteiger charge is 2.36. The Morgan fingerprint density at radius 3 is 2.46 bits per heavy atom. The molecule has 24 heavy (non-hydrogen) atoms. The molecule has 0 N–H and O–H groups in total. The van der Waals surface area contributed by atoms with Gasteiger partial charge in [-0.15, -0.1) is 5.10 Å². The average molecular weight is 330 g/mol. The molecule has 0 aliphatic carbocycles. The fourth-order valence-electron chi connectivity index (χ4n) is 2.38. The summed E-state index contributed by atoms with van der Waals surface area (Å²) in [7, 11) is 0. The molecule has 1 aliphatic heterocycles. The van der Waals surface area contributed by atoms with Gasteiger partial charge in [-0.1, -0.05) is 5.21 Å². The van der Waals surface area contributed by atoms with E-state index in [0.29, 0.717) is 17.1 Å². The number of carbonyl (C=O) groups is 1. The van der Waals surface area contributed by atoms with Crippen LogP contribution in [0.25, 0.3) is 11.3 Å². The molecule has 1 aromatic carbocycles. The van der Waals surface area contributed by atoms with E-state index in [1.165, 1.54) is 35.1 Å². The molecule has 0 unspecified atom stereocenters. The lowest BCUT2D eigenvalue weighted by Crippen LogP contribution is -2.35. The third-order valence-corrected chi connectivity index (χ3v) is 3.37. The van der Waals surface area contributed by atoms with E-state index in [0.717, 1.165) is 0 Å². The predicted molar refractivity (Wildman–Crippen MR) is 81.9 cm³/mol. The minimum absolute atomic E-state index is 0.0240. The van der Waals surface area contributed by atoms with Gasteiger partial charge in [0.25, 0.3) is 5.69 Å². The number of ether oxygens (including phenoxy) is 2. The van der Waals surface area contributed by atoms with Gasteiger partial charge in [0, 0.05) is 26.0 Å². The monoisotopic (exact) mass is 330 g/mol. The van der Waals surface area contributed by atoms with Gasteiger partial charge in [0.15, 0.2) is 0 Å². The molecule has 0 spiro atoms. The number of rotatable bonds is 3. The van der Waals surface area contributed by atoms with Gasteiger partial charge in [-0.05, 0) is 19.1 Å². The van der Waals surface area contributed by atoms with Crippen molar-refractivity contribution in [3.63, 3.8) is 0 Å². The highest BCUT2D eigenvalue weighted by molar-refractivity contribution is 6.16. The van der Waals surface area contributed by atoms with Crippen LogP contribution in [0.4, 0.5) is 5.69 Å². The van der Waals surface area contributed by atoms with Gasteiger partial charge < -0.3 is 9.47 Å². The summed E-state index contributed by atoms with van der Waals surface area (Å²) in [5.74, 6) is -1.18. The van der Waals surface area contributed by atoms with Crippen LogP contribution in [0.1, 0.15) is 26.5 Å². The highest BCUT2D eigenvalue weighted by atomic mass is 16.7. The number of hydrogen-bond acceptors (Lipinski definition) is 7. The van der Waals surface area contributed by atoms with Crippen molar-refractivity contribution in [2.24, 2.45) is 0 Å². The molecule has 0 saturated heterocycles. The van der Waals surface area contributed by atoms with E-state index in [1.807, 2.05) is 0 Å². The normalized spacial score (nSPS) is 16.5. The van der Waals surface area contributed by atoms with Crippen molar-refractivity contribution < 1.29 is 19.2 Å². The topological polar surface area (TPSA) is 109 Å². The molecule has 0 atom stereocenters. The third kappa shape index (κ3) is 2.83. The molecule has 1 aliphatic rings. The summed E-state index contributed by atoms with van der Waals surface area (Å²) in [6, 6.07) is 5.80. The maximum Gasteiger partial charge on any atom is 0.347 e. The first-order valence-electron chi connectivity index (χ1n) is 7.07. The number of non-ortho nitro benzene ring substituents is 1. The molecule has 0 fully saturated rings. The van der Waals surface area contributed by atoms with Crippen molar-refractivity contribution in [1.82, 2.24) is 15.0 Å². The van der Waals surface area contributed by atoms with E-state index < -0.39 is 16.7 Å². The molecule has 0 bridgehead atoms. The summed E-state index contributed by atoms with van der Waals surface area (Å²) in [4.78, 5) is 22.4. The van der Waals surface area contributed by atoms with Crippen molar-refractivity contribution in [2.75, 3.05) is 0 Å². The van der Waals surface area contributed by atoms with Gasteiger partial charge >= 0.3 is 5.97 Å². The largest absolute Gasteiger partial charge is 0.456 e. The summed E-state index contributed by atoms with van der Waals surface area (Å²) in [5.41, 5.74) is 1.04. The summed E-state index contributed by atoms with van der Waals surface area (Å²) in [6.45, 7) is 4.93. The third-order valence-electron chi connectivity index (χ3n) is 3.37. The summed E-state index contributed by atoms with van der Waals surface area (Å²) >= 11 is 0. The smallest absolute Gasteiger partial charge is 0.347 e. The zero-order valence-electron chi connectivity index (χ0n) is 13.2. The van der Waals surface area contributed by atoms with Crippen molar-refractivity contribution >= 4 is 17.2 Å². The molecule has 9 nitrogen and oxygen atoms in total. The number of hydrogen-bond donors (Lipinski definition) is 0. The van der Waals surface area contributed by atoms with Crippen LogP contribution in [-0.2, 0) is 14.3 Å². The quantitative estimate of drug-likeness (QED) is 0.482. The summed E-state index contributed by atoms with van der Waals surface area (Å²) in [5, 5.41) is 18.6. The van der Waals surface area contributed by atoms with E-state index in [2.05, 4.69) is 10.3 Å². The van der Waals surface area contributed by atoms with E-state index in [-0.39, 0.29) is 11.3 Å². The second kappa shape index (κ2) is 5.44. The van der Waals surface area contributed by atoms with Crippen molar-refractivity contribution in [3.05, 3.63) is 52.0 Å².